The van der Waals surface area contributed by atoms with E-state index < -0.39 is 0 Å². The summed E-state index contributed by atoms with van der Waals surface area (Å²) in [6.45, 7) is 3.55. The molecule has 0 radical (unpaired) electrons. The summed E-state index contributed by atoms with van der Waals surface area (Å²) in [4.78, 5) is 8.77. The predicted molar refractivity (Wildman–Crippen MR) is 112 cm³/mol. The molecule has 1 aliphatic heterocycles. The fraction of sp³-hybridized carbons (Fsp3) is 0.217. The Morgan fingerprint density at radius 1 is 0.929 bits per heavy atom. The summed E-state index contributed by atoms with van der Waals surface area (Å²) >= 11 is 0. The second-order valence-corrected chi connectivity index (χ2v) is 6.70. The number of aromatic nitrogens is 1. The number of hydrogen-bond donors (Lipinski definition) is 2. The SMILES string of the molecule is c1ccc(CNCCc2ccc(Oc3ccc(C4=NCCN4)cn3)cc2)cc1. The lowest BCUT2D eigenvalue weighted by molar-refractivity contribution is 0.462. The van der Waals surface area contributed by atoms with E-state index in [1.54, 1.807) is 6.20 Å². The van der Waals surface area contributed by atoms with Crippen LogP contribution in [-0.4, -0.2) is 30.5 Å². The van der Waals surface area contributed by atoms with Crippen molar-refractivity contribution >= 4 is 5.84 Å². The molecular weight excluding hydrogens is 348 g/mol. The molecule has 0 unspecified atom stereocenters. The lowest BCUT2D eigenvalue weighted by atomic mass is 10.1. The van der Waals surface area contributed by atoms with E-state index in [1.807, 2.05) is 30.3 Å². The van der Waals surface area contributed by atoms with Gasteiger partial charge in [-0.25, -0.2) is 4.98 Å². The molecule has 2 aromatic carbocycles. The van der Waals surface area contributed by atoms with E-state index in [4.69, 9.17) is 4.74 Å². The van der Waals surface area contributed by atoms with E-state index >= 15 is 0 Å². The molecule has 0 aliphatic carbocycles. The molecule has 0 fully saturated rings. The lowest BCUT2D eigenvalue weighted by Gasteiger charge is -2.08. The molecule has 1 aliphatic rings. The quantitative estimate of drug-likeness (QED) is 0.594. The highest BCUT2D eigenvalue weighted by Gasteiger charge is 2.08. The first-order valence-corrected chi connectivity index (χ1v) is 9.63. The number of pyridine rings is 1. The number of ether oxygens (including phenoxy) is 1. The van der Waals surface area contributed by atoms with Crippen LogP contribution >= 0.6 is 0 Å². The van der Waals surface area contributed by atoms with Crippen LogP contribution in [0.4, 0.5) is 0 Å². The standard InChI is InChI=1S/C23H24N4O/c1-2-4-19(5-3-1)16-24-13-12-18-6-9-21(10-7-18)28-22-11-8-20(17-27-22)23-25-14-15-26-23/h1-11,17,24H,12-16H2,(H,25,26). The fourth-order valence-electron chi connectivity index (χ4n) is 3.08. The molecule has 0 atom stereocenters. The van der Waals surface area contributed by atoms with Crippen LogP contribution in [0.25, 0.3) is 0 Å². The summed E-state index contributed by atoms with van der Waals surface area (Å²) in [6.07, 6.45) is 2.77. The van der Waals surface area contributed by atoms with Crippen LogP contribution in [0.15, 0.2) is 77.9 Å². The van der Waals surface area contributed by atoms with Gasteiger partial charge >= 0.3 is 0 Å². The zero-order chi connectivity index (χ0) is 19.0. The molecule has 0 saturated heterocycles. The topological polar surface area (TPSA) is 58.5 Å². The van der Waals surface area contributed by atoms with Crippen molar-refractivity contribution in [3.63, 3.8) is 0 Å². The maximum Gasteiger partial charge on any atom is 0.219 e. The zero-order valence-corrected chi connectivity index (χ0v) is 15.8. The van der Waals surface area contributed by atoms with Crippen molar-refractivity contribution in [2.45, 2.75) is 13.0 Å². The number of nitrogens with zero attached hydrogens (tertiary/aromatic N) is 2. The van der Waals surface area contributed by atoms with Crippen LogP contribution in [0.5, 0.6) is 11.6 Å². The molecular formula is C23H24N4O. The van der Waals surface area contributed by atoms with Crippen molar-refractivity contribution in [1.82, 2.24) is 15.6 Å². The van der Waals surface area contributed by atoms with Gasteiger partial charge in [0, 0.05) is 30.9 Å². The van der Waals surface area contributed by atoms with Crippen molar-refractivity contribution in [3.05, 3.63) is 89.6 Å². The molecule has 0 amide bonds. The van der Waals surface area contributed by atoms with Gasteiger partial charge in [0.2, 0.25) is 5.88 Å². The Balaban J connectivity index is 1.25. The zero-order valence-electron chi connectivity index (χ0n) is 15.8. The molecule has 1 aromatic heterocycles. The summed E-state index contributed by atoms with van der Waals surface area (Å²) in [6, 6.07) is 22.5. The average Bonchev–Trinajstić information content (AvgIpc) is 3.29. The van der Waals surface area contributed by atoms with Gasteiger partial charge in [-0.15, -0.1) is 0 Å². The number of aliphatic imine (C=N–C) groups is 1. The van der Waals surface area contributed by atoms with Crippen LogP contribution in [0.3, 0.4) is 0 Å². The Hall–Kier alpha value is -3.18. The maximum atomic E-state index is 5.85. The molecule has 5 nitrogen and oxygen atoms in total. The number of benzene rings is 2. The molecule has 3 aromatic rings. The van der Waals surface area contributed by atoms with E-state index in [0.717, 1.165) is 49.7 Å². The molecule has 28 heavy (non-hydrogen) atoms. The van der Waals surface area contributed by atoms with Crippen LogP contribution in [-0.2, 0) is 13.0 Å². The normalized spacial score (nSPS) is 13.1. The summed E-state index contributed by atoms with van der Waals surface area (Å²) in [5, 5.41) is 6.72. The van der Waals surface area contributed by atoms with Crippen LogP contribution in [0, 0.1) is 0 Å². The highest BCUT2D eigenvalue weighted by molar-refractivity contribution is 5.99. The highest BCUT2D eigenvalue weighted by Crippen LogP contribution is 2.20. The van der Waals surface area contributed by atoms with E-state index in [9.17, 15) is 0 Å². The van der Waals surface area contributed by atoms with Gasteiger partial charge in [0.1, 0.15) is 11.6 Å². The molecule has 0 spiro atoms. The second kappa shape index (κ2) is 9.15. The van der Waals surface area contributed by atoms with Gasteiger partial charge in [0.05, 0.1) is 6.54 Å². The predicted octanol–water partition coefficient (Wildman–Crippen LogP) is 3.56. The summed E-state index contributed by atoms with van der Waals surface area (Å²) in [5.41, 5.74) is 3.57. The smallest absolute Gasteiger partial charge is 0.219 e. The van der Waals surface area contributed by atoms with E-state index in [0.29, 0.717) is 5.88 Å². The molecule has 5 heteroatoms. The van der Waals surface area contributed by atoms with E-state index in [-0.39, 0.29) is 0 Å². The third-order valence-corrected chi connectivity index (χ3v) is 4.59. The Kier molecular flexibility index (Phi) is 5.95. The minimum Gasteiger partial charge on any atom is -0.439 e. The molecule has 2 heterocycles. The second-order valence-electron chi connectivity index (χ2n) is 6.70. The van der Waals surface area contributed by atoms with E-state index in [1.165, 1.54) is 11.1 Å². The summed E-state index contributed by atoms with van der Waals surface area (Å²) in [7, 11) is 0. The number of rotatable bonds is 8. The van der Waals surface area contributed by atoms with Crippen molar-refractivity contribution in [3.8, 4) is 11.6 Å². The Morgan fingerprint density at radius 3 is 2.50 bits per heavy atom. The third-order valence-electron chi connectivity index (χ3n) is 4.59. The first-order valence-electron chi connectivity index (χ1n) is 9.63. The van der Waals surface area contributed by atoms with Gasteiger partial charge in [-0.3, -0.25) is 4.99 Å². The average molecular weight is 372 g/mol. The third kappa shape index (κ3) is 4.96. The molecule has 4 rings (SSSR count). The van der Waals surface area contributed by atoms with Gasteiger partial charge in [-0.1, -0.05) is 42.5 Å². The molecule has 142 valence electrons. The Labute approximate surface area is 165 Å². The van der Waals surface area contributed by atoms with Gasteiger partial charge in [-0.05, 0) is 42.3 Å². The van der Waals surface area contributed by atoms with Gasteiger partial charge in [0.25, 0.3) is 0 Å². The maximum absolute atomic E-state index is 5.85. The molecule has 2 N–H and O–H groups in total. The van der Waals surface area contributed by atoms with Crippen molar-refractivity contribution in [2.75, 3.05) is 19.6 Å². The number of nitrogens with one attached hydrogen (secondary N) is 2. The van der Waals surface area contributed by atoms with E-state index in [2.05, 4.69) is 57.0 Å². The molecule has 0 bridgehead atoms. The van der Waals surface area contributed by atoms with Crippen molar-refractivity contribution < 1.29 is 4.74 Å². The summed E-state index contributed by atoms with van der Waals surface area (Å²) in [5.74, 6) is 2.28. The minimum atomic E-state index is 0.583. The van der Waals surface area contributed by atoms with Crippen LogP contribution in [0.2, 0.25) is 0 Å². The molecule has 0 saturated carbocycles. The van der Waals surface area contributed by atoms with Crippen molar-refractivity contribution in [1.29, 1.82) is 0 Å². The van der Waals surface area contributed by atoms with Gasteiger partial charge in [0.15, 0.2) is 0 Å². The minimum absolute atomic E-state index is 0.583. The highest BCUT2D eigenvalue weighted by atomic mass is 16.5. The Morgan fingerprint density at radius 2 is 1.79 bits per heavy atom. The van der Waals surface area contributed by atoms with Crippen LogP contribution < -0.4 is 15.4 Å². The van der Waals surface area contributed by atoms with Crippen molar-refractivity contribution in [2.24, 2.45) is 4.99 Å². The Bertz CT molecular complexity index is 906. The first kappa shape index (κ1) is 18.2. The van der Waals surface area contributed by atoms with Gasteiger partial charge < -0.3 is 15.4 Å². The first-order chi connectivity index (χ1) is 13.9. The van der Waals surface area contributed by atoms with Crippen LogP contribution in [0.1, 0.15) is 16.7 Å². The lowest BCUT2D eigenvalue weighted by Crippen LogP contribution is -2.19. The summed E-state index contributed by atoms with van der Waals surface area (Å²) < 4.78 is 5.85. The monoisotopic (exact) mass is 372 g/mol. The van der Waals surface area contributed by atoms with Gasteiger partial charge in [-0.2, -0.15) is 0 Å². The fourth-order valence-corrected chi connectivity index (χ4v) is 3.08. The number of amidine groups is 1. The number of hydrogen-bond acceptors (Lipinski definition) is 5. The largest absolute Gasteiger partial charge is 0.439 e.